The van der Waals surface area contributed by atoms with Gasteiger partial charge < -0.3 is 15.2 Å². The highest BCUT2D eigenvalue weighted by molar-refractivity contribution is 9.10. The second kappa shape index (κ2) is 10.2. The van der Waals surface area contributed by atoms with Gasteiger partial charge in [0.25, 0.3) is 0 Å². The largest absolute Gasteiger partial charge is 0.480 e. The third-order valence-corrected chi connectivity index (χ3v) is 5.43. The van der Waals surface area contributed by atoms with E-state index < -0.39 is 30.1 Å². The summed E-state index contributed by atoms with van der Waals surface area (Å²) in [5.74, 6) is -1.61. The zero-order chi connectivity index (χ0) is 21.5. The van der Waals surface area contributed by atoms with Crippen molar-refractivity contribution in [2.45, 2.75) is 38.0 Å². The van der Waals surface area contributed by atoms with Gasteiger partial charge in [0.2, 0.25) is 5.91 Å². The zero-order valence-corrected chi connectivity index (χ0v) is 17.9. The fraction of sp³-hybridized carbons (Fsp3) is 0.318. The molecule has 1 aliphatic heterocycles. The number of halogens is 1. The number of rotatable bonds is 7. The monoisotopic (exact) mass is 474 g/mol. The molecule has 1 fully saturated rings. The van der Waals surface area contributed by atoms with Crippen LogP contribution in [-0.4, -0.2) is 46.6 Å². The van der Waals surface area contributed by atoms with Gasteiger partial charge in [-0.15, -0.1) is 0 Å². The smallest absolute Gasteiger partial charge is 0.410 e. The first-order chi connectivity index (χ1) is 14.4. The molecule has 1 saturated heterocycles. The molecule has 1 aliphatic rings. The fourth-order valence-electron chi connectivity index (χ4n) is 3.43. The number of carboxylic acids is 1. The van der Waals surface area contributed by atoms with E-state index in [1.807, 2.05) is 48.5 Å². The summed E-state index contributed by atoms with van der Waals surface area (Å²) in [7, 11) is 0. The van der Waals surface area contributed by atoms with E-state index in [0.29, 0.717) is 19.4 Å². The summed E-state index contributed by atoms with van der Waals surface area (Å²) in [6, 6.07) is 14.7. The third-order valence-electron chi connectivity index (χ3n) is 4.94. The Morgan fingerprint density at radius 2 is 1.87 bits per heavy atom. The van der Waals surface area contributed by atoms with E-state index in [-0.39, 0.29) is 13.0 Å². The second-order valence-electron chi connectivity index (χ2n) is 7.13. The first kappa shape index (κ1) is 21.8. The minimum Gasteiger partial charge on any atom is -0.480 e. The number of hydrogen-bond acceptors (Lipinski definition) is 4. The number of nitrogens with zero attached hydrogens (tertiary/aromatic N) is 1. The number of aliphatic carboxylic acids is 1. The van der Waals surface area contributed by atoms with Crippen LogP contribution in [0.5, 0.6) is 0 Å². The normalized spacial score (nSPS) is 16.7. The quantitative estimate of drug-likeness (QED) is 0.641. The first-order valence-corrected chi connectivity index (χ1v) is 10.5. The van der Waals surface area contributed by atoms with Gasteiger partial charge in [0.15, 0.2) is 0 Å². The van der Waals surface area contributed by atoms with Crippen molar-refractivity contribution in [3.05, 3.63) is 70.2 Å². The van der Waals surface area contributed by atoms with Gasteiger partial charge in [-0.05, 0) is 36.1 Å². The number of carbonyl (C=O) groups is 3. The van der Waals surface area contributed by atoms with Gasteiger partial charge in [-0.25, -0.2) is 9.59 Å². The van der Waals surface area contributed by atoms with Crippen molar-refractivity contribution in [1.82, 2.24) is 10.2 Å². The average molecular weight is 475 g/mol. The Bertz CT molecular complexity index is 905. The van der Waals surface area contributed by atoms with E-state index >= 15 is 0 Å². The van der Waals surface area contributed by atoms with E-state index in [9.17, 15) is 19.5 Å². The molecular weight excluding hydrogens is 452 g/mol. The zero-order valence-electron chi connectivity index (χ0n) is 16.3. The lowest BCUT2D eigenvalue weighted by Gasteiger charge is -2.25. The molecule has 158 valence electrons. The molecule has 0 aromatic heterocycles. The van der Waals surface area contributed by atoms with E-state index in [4.69, 9.17) is 4.74 Å². The van der Waals surface area contributed by atoms with Crippen molar-refractivity contribution < 1.29 is 24.2 Å². The van der Waals surface area contributed by atoms with E-state index in [1.165, 1.54) is 4.90 Å². The van der Waals surface area contributed by atoms with Crippen LogP contribution in [-0.2, 0) is 27.4 Å². The Labute approximate surface area is 183 Å². The lowest BCUT2D eigenvalue weighted by Crippen LogP contribution is -2.51. The van der Waals surface area contributed by atoms with Crippen LogP contribution in [0, 0.1) is 0 Å². The summed E-state index contributed by atoms with van der Waals surface area (Å²) < 4.78 is 6.17. The summed E-state index contributed by atoms with van der Waals surface area (Å²) in [5.41, 5.74) is 1.63. The van der Waals surface area contributed by atoms with Gasteiger partial charge in [0, 0.05) is 17.4 Å². The van der Waals surface area contributed by atoms with Gasteiger partial charge in [0.05, 0.1) is 0 Å². The first-order valence-electron chi connectivity index (χ1n) is 9.69. The van der Waals surface area contributed by atoms with Gasteiger partial charge in [-0.2, -0.15) is 0 Å². The number of ether oxygens (including phenoxy) is 1. The third kappa shape index (κ3) is 5.82. The van der Waals surface area contributed by atoms with Crippen LogP contribution in [0.15, 0.2) is 59.1 Å². The van der Waals surface area contributed by atoms with Crippen LogP contribution in [0.25, 0.3) is 0 Å². The minimum absolute atomic E-state index is 0.116. The van der Waals surface area contributed by atoms with Gasteiger partial charge in [0.1, 0.15) is 18.7 Å². The van der Waals surface area contributed by atoms with Crippen LogP contribution < -0.4 is 5.32 Å². The molecule has 2 amide bonds. The highest BCUT2D eigenvalue weighted by Crippen LogP contribution is 2.20. The summed E-state index contributed by atoms with van der Waals surface area (Å²) in [5, 5.41) is 12.1. The standard InChI is InChI=1S/C22H23BrN2O5/c23-17-9-4-8-16(12-17)13-18(21(27)28)24-20(26)19-10-5-11-25(19)22(29)30-14-15-6-2-1-3-7-15/h1-4,6-9,12,18-19H,5,10-11,13-14H2,(H,24,26)(H,27,28)/t18-,19-/m1/s1. The highest BCUT2D eigenvalue weighted by atomic mass is 79.9. The van der Waals surface area contributed by atoms with Crippen LogP contribution in [0.2, 0.25) is 0 Å². The minimum atomic E-state index is -1.13. The fourth-order valence-corrected chi connectivity index (χ4v) is 3.87. The lowest BCUT2D eigenvalue weighted by molar-refractivity contribution is -0.142. The average Bonchev–Trinajstić information content (AvgIpc) is 3.22. The summed E-state index contributed by atoms with van der Waals surface area (Å²) >= 11 is 3.36. The van der Waals surface area contributed by atoms with Crippen molar-refractivity contribution in [2.75, 3.05) is 6.54 Å². The molecule has 3 rings (SSSR count). The highest BCUT2D eigenvalue weighted by Gasteiger charge is 2.36. The molecule has 0 saturated carbocycles. The van der Waals surface area contributed by atoms with Gasteiger partial charge >= 0.3 is 12.1 Å². The molecule has 2 aromatic carbocycles. The van der Waals surface area contributed by atoms with Crippen molar-refractivity contribution in [3.8, 4) is 0 Å². The van der Waals surface area contributed by atoms with Gasteiger partial charge in [-0.1, -0.05) is 58.4 Å². The van der Waals surface area contributed by atoms with E-state index in [1.54, 1.807) is 6.07 Å². The van der Waals surface area contributed by atoms with Crippen molar-refractivity contribution in [3.63, 3.8) is 0 Å². The summed E-state index contributed by atoms with van der Waals surface area (Å²) in [4.78, 5) is 38.3. The molecule has 0 spiro atoms. The molecule has 7 nitrogen and oxygen atoms in total. The SMILES string of the molecule is O=C(N[C@H](Cc1cccc(Br)c1)C(=O)O)[C@H]1CCCN1C(=O)OCc1ccccc1. The molecule has 2 aromatic rings. The number of amides is 2. The molecule has 2 N–H and O–H groups in total. The topological polar surface area (TPSA) is 95.9 Å². The summed E-state index contributed by atoms with van der Waals surface area (Å²) in [6.07, 6.45) is 0.693. The summed E-state index contributed by atoms with van der Waals surface area (Å²) in [6.45, 7) is 0.514. The molecule has 0 radical (unpaired) electrons. The number of nitrogens with one attached hydrogen (secondary N) is 1. The molecule has 0 bridgehead atoms. The molecule has 2 atom stereocenters. The Kier molecular flexibility index (Phi) is 7.46. The Balaban J connectivity index is 1.60. The molecular formula is C22H23BrN2O5. The van der Waals surface area contributed by atoms with Crippen LogP contribution in [0.4, 0.5) is 4.79 Å². The van der Waals surface area contributed by atoms with Crippen LogP contribution in [0.3, 0.4) is 0 Å². The number of carbonyl (C=O) groups excluding carboxylic acids is 2. The maximum Gasteiger partial charge on any atom is 0.410 e. The second-order valence-corrected chi connectivity index (χ2v) is 8.04. The number of benzene rings is 2. The Hall–Kier alpha value is -2.87. The number of hydrogen-bond donors (Lipinski definition) is 2. The lowest BCUT2D eigenvalue weighted by atomic mass is 10.1. The maximum absolute atomic E-state index is 12.8. The van der Waals surface area contributed by atoms with Crippen LogP contribution >= 0.6 is 15.9 Å². The molecule has 30 heavy (non-hydrogen) atoms. The number of carboxylic acid groups (broad SMARTS) is 1. The molecule has 0 aliphatic carbocycles. The molecule has 0 unspecified atom stereocenters. The van der Waals surface area contributed by atoms with Crippen molar-refractivity contribution in [2.24, 2.45) is 0 Å². The molecule has 1 heterocycles. The van der Waals surface area contributed by atoms with Crippen molar-refractivity contribution in [1.29, 1.82) is 0 Å². The number of likely N-dealkylation sites (tertiary alicyclic amines) is 1. The van der Waals surface area contributed by atoms with Crippen molar-refractivity contribution >= 4 is 33.9 Å². The van der Waals surface area contributed by atoms with Gasteiger partial charge in [-0.3, -0.25) is 9.69 Å². The molecule has 8 heteroatoms. The maximum atomic E-state index is 12.8. The van der Waals surface area contributed by atoms with E-state index in [2.05, 4.69) is 21.2 Å². The van der Waals surface area contributed by atoms with Crippen LogP contribution in [0.1, 0.15) is 24.0 Å². The van der Waals surface area contributed by atoms with E-state index in [0.717, 1.165) is 15.6 Å². The Morgan fingerprint density at radius 3 is 2.57 bits per heavy atom. The predicted molar refractivity (Wildman–Crippen MR) is 114 cm³/mol. The Morgan fingerprint density at radius 1 is 1.13 bits per heavy atom. The predicted octanol–water partition coefficient (Wildman–Crippen LogP) is 3.36.